The molecule has 2 fully saturated rings. The third kappa shape index (κ3) is 5.54. The van der Waals surface area contributed by atoms with Crippen LogP contribution in [0.3, 0.4) is 0 Å². The van der Waals surface area contributed by atoms with Crippen molar-refractivity contribution in [3.8, 4) is 0 Å². The van der Waals surface area contributed by atoms with E-state index in [-0.39, 0.29) is 43.2 Å². The van der Waals surface area contributed by atoms with Gasteiger partial charge in [-0.1, -0.05) is 30.3 Å². The highest BCUT2D eigenvalue weighted by molar-refractivity contribution is 6.10. The molecular weight excluding hydrogens is 523 g/mol. The number of nitrogens with one attached hydrogen (secondary N) is 1. The van der Waals surface area contributed by atoms with Crippen molar-refractivity contribution >= 4 is 29.4 Å². The molecule has 5 rings (SSSR count). The van der Waals surface area contributed by atoms with Crippen molar-refractivity contribution in [1.29, 1.82) is 0 Å². The Hall–Kier alpha value is -4.28. The number of aryl methyl sites for hydroxylation is 1. The summed E-state index contributed by atoms with van der Waals surface area (Å²) in [6, 6.07) is 10.5. The van der Waals surface area contributed by atoms with Crippen molar-refractivity contribution in [2.75, 3.05) is 9.80 Å². The quantitative estimate of drug-likeness (QED) is 0.467. The fraction of sp³-hybridized carbons (Fsp3) is 0.345. The van der Waals surface area contributed by atoms with Crippen molar-refractivity contribution in [3.05, 3.63) is 83.9 Å². The number of rotatable bonds is 7. The number of hydrogen-bond acceptors (Lipinski definition) is 5. The molecule has 2 aliphatic rings. The van der Waals surface area contributed by atoms with Crippen LogP contribution in [0.1, 0.15) is 49.3 Å². The van der Waals surface area contributed by atoms with Crippen LogP contribution >= 0.6 is 0 Å². The zero-order valence-electron chi connectivity index (χ0n) is 21.8. The third-order valence-electron chi connectivity index (χ3n) is 7.33. The van der Waals surface area contributed by atoms with Crippen molar-refractivity contribution in [1.82, 2.24) is 15.3 Å². The fourth-order valence-electron chi connectivity index (χ4n) is 5.42. The molecule has 3 atom stereocenters. The number of aromatic nitrogens is 2. The number of halogens is 3. The first-order valence-corrected chi connectivity index (χ1v) is 13.1. The summed E-state index contributed by atoms with van der Waals surface area (Å²) in [4.78, 5) is 51.9. The molecule has 3 amide bonds. The van der Waals surface area contributed by atoms with Gasteiger partial charge in [-0.2, -0.15) is 0 Å². The maximum atomic E-state index is 14.5. The van der Waals surface area contributed by atoms with Gasteiger partial charge in [0.05, 0.1) is 0 Å². The van der Waals surface area contributed by atoms with E-state index in [9.17, 15) is 27.6 Å². The highest BCUT2D eigenvalue weighted by atomic mass is 19.3. The molecule has 40 heavy (non-hydrogen) atoms. The molecule has 1 aromatic heterocycles. The summed E-state index contributed by atoms with van der Waals surface area (Å²) in [5.74, 6) is -5.19. The first kappa shape index (κ1) is 27.3. The summed E-state index contributed by atoms with van der Waals surface area (Å²) >= 11 is 0. The highest BCUT2D eigenvalue weighted by Gasteiger charge is 2.46. The van der Waals surface area contributed by atoms with E-state index in [1.165, 1.54) is 35.5 Å². The largest absolute Gasteiger partial charge is 0.351 e. The zero-order valence-corrected chi connectivity index (χ0v) is 21.8. The summed E-state index contributed by atoms with van der Waals surface area (Å²) in [6.07, 6.45) is 2.28. The summed E-state index contributed by atoms with van der Waals surface area (Å²) in [6.45, 7) is 1.76. The predicted molar refractivity (Wildman–Crippen MR) is 141 cm³/mol. The monoisotopic (exact) mass is 551 g/mol. The average molecular weight is 552 g/mol. The summed E-state index contributed by atoms with van der Waals surface area (Å²) in [5.41, 5.74) is 1.19. The zero-order chi connectivity index (χ0) is 28.4. The maximum absolute atomic E-state index is 14.5. The van der Waals surface area contributed by atoms with Crippen LogP contribution in [0.4, 0.5) is 24.8 Å². The number of carbonyl (C=O) groups excluding carboxylic acids is 3. The van der Waals surface area contributed by atoms with Crippen LogP contribution in [-0.2, 0) is 14.4 Å². The second-order valence-electron chi connectivity index (χ2n) is 10.1. The number of carbonyl (C=O) groups is 3. The summed E-state index contributed by atoms with van der Waals surface area (Å²) in [5, 5.41) is 2.71. The molecule has 1 saturated heterocycles. The molecule has 208 valence electrons. The molecule has 1 N–H and O–H groups in total. The van der Waals surface area contributed by atoms with E-state index in [1.807, 2.05) is 0 Å². The summed E-state index contributed by atoms with van der Waals surface area (Å²) < 4.78 is 42.5. The van der Waals surface area contributed by atoms with Crippen molar-refractivity contribution < 1.29 is 27.6 Å². The van der Waals surface area contributed by atoms with E-state index in [1.54, 1.807) is 37.3 Å². The molecule has 11 heteroatoms. The van der Waals surface area contributed by atoms with Gasteiger partial charge in [-0.25, -0.2) is 23.1 Å². The molecule has 0 spiro atoms. The number of anilines is 2. The Labute approximate surface area is 229 Å². The number of nitrogens with zero attached hydrogens (tertiary/aromatic N) is 4. The van der Waals surface area contributed by atoms with Gasteiger partial charge in [0, 0.05) is 43.4 Å². The van der Waals surface area contributed by atoms with Crippen LogP contribution in [0.25, 0.3) is 0 Å². The molecule has 0 radical (unpaired) electrons. The van der Waals surface area contributed by atoms with Gasteiger partial charge < -0.3 is 5.32 Å². The topological polar surface area (TPSA) is 95.5 Å². The van der Waals surface area contributed by atoms with Gasteiger partial charge >= 0.3 is 0 Å². The number of alkyl halides is 2. The van der Waals surface area contributed by atoms with Crippen molar-refractivity contribution in [2.24, 2.45) is 0 Å². The minimum absolute atomic E-state index is 0.0348. The molecule has 3 unspecified atom stereocenters. The first-order chi connectivity index (χ1) is 19.1. The Morgan fingerprint density at radius 2 is 1.82 bits per heavy atom. The van der Waals surface area contributed by atoms with Crippen LogP contribution in [0.15, 0.2) is 67.0 Å². The third-order valence-corrected chi connectivity index (χ3v) is 7.33. The van der Waals surface area contributed by atoms with Gasteiger partial charge in [-0.05, 0) is 55.2 Å². The minimum Gasteiger partial charge on any atom is -0.351 e. The molecule has 0 bridgehead atoms. The first-order valence-electron chi connectivity index (χ1n) is 13.1. The number of benzene rings is 2. The van der Waals surface area contributed by atoms with Gasteiger partial charge in [-0.3, -0.25) is 24.2 Å². The van der Waals surface area contributed by atoms with Crippen molar-refractivity contribution in [2.45, 2.75) is 63.1 Å². The molecule has 1 aliphatic heterocycles. The second-order valence-corrected chi connectivity index (χ2v) is 10.1. The molecule has 2 aromatic carbocycles. The lowest BCUT2D eigenvalue weighted by Gasteiger charge is -2.36. The van der Waals surface area contributed by atoms with E-state index in [4.69, 9.17) is 0 Å². The minimum atomic E-state index is -2.89. The Morgan fingerprint density at radius 3 is 2.50 bits per heavy atom. The molecule has 3 aromatic rings. The van der Waals surface area contributed by atoms with E-state index < -0.39 is 48.1 Å². The SMILES string of the molecule is Cc1ccccc1C(C(=O)NC1CCC(F)(F)C1)N(C(=O)C1CCC(=O)N1c1ncccn1)c1cccc(F)c1. The lowest BCUT2D eigenvalue weighted by atomic mass is 9.96. The van der Waals surface area contributed by atoms with Gasteiger partial charge in [-0.15, -0.1) is 0 Å². The van der Waals surface area contributed by atoms with Gasteiger partial charge in [0.2, 0.25) is 23.7 Å². The molecule has 2 heterocycles. The smallest absolute Gasteiger partial charge is 0.251 e. The number of amides is 3. The van der Waals surface area contributed by atoms with E-state index in [2.05, 4.69) is 15.3 Å². The lowest BCUT2D eigenvalue weighted by Crippen LogP contribution is -2.53. The average Bonchev–Trinajstić information content (AvgIpc) is 3.48. The lowest BCUT2D eigenvalue weighted by molar-refractivity contribution is -0.127. The maximum Gasteiger partial charge on any atom is 0.251 e. The van der Waals surface area contributed by atoms with Crippen LogP contribution in [0.2, 0.25) is 0 Å². The van der Waals surface area contributed by atoms with Crippen molar-refractivity contribution in [3.63, 3.8) is 0 Å². The molecule has 8 nitrogen and oxygen atoms in total. The predicted octanol–water partition coefficient (Wildman–Crippen LogP) is 4.50. The molecule has 1 saturated carbocycles. The fourth-order valence-corrected chi connectivity index (χ4v) is 5.42. The van der Waals surface area contributed by atoms with E-state index in [0.717, 1.165) is 11.0 Å². The normalized spacial score (nSPS) is 20.8. The van der Waals surface area contributed by atoms with E-state index in [0.29, 0.717) is 11.1 Å². The van der Waals surface area contributed by atoms with Crippen LogP contribution < -0.4 is 15.1 Å². The summed E-state index contributed by atoms with van der Waals surface area (Å²) in [7, 11) is 0. The van der Waals surface area contributed by atoms with Crippen LogP contribution in [0, 0.1) is 12.7 Å². The van der Waals surface area contributed by atoms with Gasteiger partial charge in [0.1, 0.15) is 17.9 Å². The van der Waals surface area contributed by atoms with Crippen LogP contribution in [0.5, 0.6) is 0 Å². The Balaban J connectivity index is 1.60. The Morgan fingerprint density at radius 1 is 1.07 bits per heavy atom. The number of hydrogen-bond donors (Lipinski definition) is 1. The highest BCUT2D eigenvalue weighted by Crippen LogP contribution is 2.37. The Kier molecular flexibility index (Phi) is 7.55. The van der Waals surface area contributed by atoms with E-state index >= 15 is 0 Å². The molecule has 1 aliphatic carbocycles. The second kappa shape index (κ2) is 11.1. The van der Waals surface area contributed by atoms with Gasteiger partial charge in [0.15, 0.2) is 0 Å². The van der Waals surface area contributed by atoms with Crippen LogP contribution in [-0.4, -0.2) is 45.7 Å². The Bertz CT molecular complexity index is 1420. The molecular formula is C29H28F3N5O3. The van der Waals surface area contributed by atoms with Gasteiger partial charge in [0.25, 0.3) is 5.91 Å². The standard InChI is InChI=1S/C29H28F3N5O3/c1-18-6-2-3-9-22(18)25(26(39)35-20-12-13-29(31,32)17-20)36(21-8-4-7-19(30)16-21)27(40)23-10-11-24(38)37(23)28-33-14-5-15-34-28/h2-9,14-16,20,23,25H,10-13,17H2,1H3,(H,35,39).